The largest absolute Gasteiger partial charge is 0.444 e. The minimum absolute atomic E-state index is 0.205. The molecule has 0 spiro atoms. The molecule has 2 aliphatic rings. The van der Waals surface area contributed by atoms with Crippen molar-refractivity contribution in [2.45, 2.75) is 57.3 Å². The lowest BCUT2D eigenvalue weighted by Gasteiger charge is -2.35. The fourth-order valence-electron chi connectivity index (χ4n) is 2.71. The first kappa shape index (κ1) is 16.5. The molecule has 2 rings (SSSR count). The lowest BCUT2D eigenvalue weighted by molar-refractivity contribution is 0.0116. The van der Waals surface area contributed by atoms with Crippen LogP contribution in [0.25, 0.3) is 0 Å². The molecule has 2 N–H and O–H groups in total. The van der Waals surface area contributed by atoms with E-state index < -0.39 is 11.2 Å². The van der Waals surface area contributed by atoms with Gasteiger partial charge in [0.2, 0.25) is 0 Å². The Kier molecular flexibility index (Phi) is 5.11. The maximum atomic E-state index is 12.1. The molecule has 2 heterocycles. The molecule has 21 heavy (non-hydrogen) atoms. The zero-order valence-electron chi connectivity index (χ0n) is 13.4. The summed E-state index contributed by atoms with van der Waals surface area (Å²) in [5.41, 5.74) is -1.22. The summed E-state index contributed by atoms with van der Waals surface area (Å²) in [6.07, 6.45) is 2.38. The van der Waals surface area contributed by atoms with Crippen LogP contribution in [0.5, 0.6) is 0 Å². The molecule has 0 aromatic carbocycles. The number of aliphatic hydroxyl groups is 1. The van der Waals surface area contributed by atoms with Crippen molar-refractivity contribution in [3.63, 3.8) is 0 Å². The van der Waals surface area contributed by atoms with Gasteiger partial charge in [-0.2, -0.15) is 0 Å². The number of ether oxygens (including phenoxy) is 2. The number of piperidine rings is 1. The van der Waals surface area contributed by atoms with E-state index >= 15 is 0 Å². The van der Waals surface area contributed by atoms with Gasteiger partial charge in [0, 0.05) is 38.7 Å². The molecule has 0 radical (unpaired) electrons. The molecule has 0 aliphatic carbocycles. The van der Waals surface area contributed by atoms with Crippen LogP contribution in [0.3, 0.4) is 0 Å². The molecule has 2 unspecified atom stereocenters. The van der Waals surface area contributed by atoms with Gasteiger partial charge in [0.15, 0.2) is 0 Å². The van der Waals surface area contributed by atoms with E-state index in [4.69, 9.17) is 9.47 Å². The lowest BCUT2D eigenvalue weighted by atomic mass is 10.0. The summed E-state index contributed by atoms with van der Waals surface area (Å²) in [5.74, 6) is 0. The van der Waals surface area contributed by atoms with Gasteiger partial charge in [0.05, 0.1) is 6.61 Å². The number of nitrogens with zero attached hydrogens (tertiary/aromatic N) is 1. The highest BCUT2D eigenvalue weighted by Crippen LogP contribution is 2.19. The molecule has 1 amide bonds. The summed E-state index contributed by atoms with van der Waals surface area (Å²) in [5, 5.41) is 13.6. The van der Waals surface area contributed by atoms with Crippen molar-refractivity contribution in [2.24, 2.45) is 0 Å². The Hall–Kier alpha value is -0.850. The molecular formula is C15H28N2O4. The van der Waals surface area contributed by atoms with Gasteiger partial charge >= 0.3 is 6.09 Å². The van der Waals surface area contributed by atoms with Crippen LogP contribution in [0.1, 0.15) is 40.0 Å². The lowest BCUT2D eigenvalue weighted by Crippen LogP contribution is -2.52. The summed E-state index contributed by atoms with van der Waals surface area (Å²) in [6.45, 7) is 8.52. The van der Waals surface area contributed by atoms with Crippen LogP contribution >= 0.6 is 0 Å². The molecule has 0 saturated carbocycles. The molecule has 2 atom stereocenters. The third kappa shape index (κ3) is 5.13. The first-order valence-corrected chi connectivity index (χ1v) is 7.79. The topological polar surface area (TPSA) is 71.0 Å². The Labute approximate surface area is 126 Å². The Bertz CT molecular complexity index is 361. The Balaban J connectivity index is 1.79. The zero-order chi connectivity index (χ0) is 15.5. The second kappa shape index (κ2) is 6.50. The molecule has 2 saturated heterocycles. The van der Waals surface area contributed by atoms with Crippen LogP contribution in [0, 0.1) is 0 Å². The summed E-state index contributed by atoms with van der Waals surface area (Å²) in [7, 11) is 0. The maximum absolute atomic E-state index is 12.1. The number of likely N-dealkylation sites (tertiary alicyclic amines) is 1. The number of carbonyl (C=O) groups is 1. The van der Waals surface area contributed by atoms with Gasteiger partial charge in [-0.25, -0.2) is 4.79 Å². The van der Waals surface area contributed by atoms with E-state index in [2.05, 4.69) is 5.32 Å². The predicted molar refractivity (Wildman–Crippen MR) is 79.2 cm³/mol. The quantitative estimate of drug-likeness (QED) is 0.817. The molecule has 0 aromatic heterocycles. The van der Waals surface area contributed by atoms with Crippen molar-refractivity contribution < 1.29 is 19.4 Å². The number of rotatable bonds is 3. The van der Waals surface area contributed by atoms with Crippen LogP contribution in [-0.4, -0.2) is 66.2 Å². The Morgan fingerprint density at radius 2 is 2.29 bits per heavy atom. The monoisotopic (exact) mass is 300 g/mol. The molecule has 2 fully saturated rings. The van der Waals surface area contributed by atoms with E-state index in [9.17, 15) is 9.90 Å². The Morgan fingerprint density at radius 3 is 2.90 bits per heavy atom. The summed E-state index contributed by atoms with van der Waals surface area (Å²) >= 11 is 0. The van der Waals surface area contributed by atoms with Crippen LogP contribution in [0.4, 0.5) is 4.79 Å². The first-order valence-electron chi connectivity index (χ1n) is 7.79. The number of nitrogens with one attached hydrogen (secondary N) is 1. The van der Waals surface area contributed by atoms with Crippen LogP contribution in [0.15, 0.2) is 0 Å². The second-order valence-corrected chi connectivity index (χ2v) is 7.17. The van der Waals surface area contributed by atoms with Gasteiger partial charge in [0.1, 0.15) is 11.2 Å². The third-order valence-corrected chi connectivity index (χ3v) is 3.88. The van der Waals surface area contributed by atoms with E-state index in [0.29, 0.717) is 32.7 Å². The van der Waals surface area contributed by atoms with Crippen molar-refractivity contribution in [1.29, 1.82) is 0 Å². The highest BCUT2D eigenvalue weighted by Gasteiger charge is 2.34. The number of hydrogen-bond acceptors (Lipinski definition) is 5. The summed E-state index contributed by atoms with van der Waals surface area (Å²) < 4.78 is 10.7. The molecular weight excluding hydrogens is 272 g/mol. The van der Waals surface area contributed by atoms with Crippen molar-refractivity contribution in [1.82, 2.24) is 10.2 Å². The molecule has 0 bridgehead atoms. The fraction of sp³-hybridized carbons (Fsp3) is 0.933. The van der Waals surface area contributed by atoms with Gasteiger partial charge in [0.25, 0.3) is 0 Å². The van der Waals surface area contributed by atoms with E-state index in [1.54, 1.807) is 4.90 Å². The van der Waals surface area contributed by atoms with Gasteiger partial charge in [-0.15, -0.1) is 0 Å². The van der Waals surface area contributed by atoms with Crippen LogP contribution < -0.4 is 5.32 Å². The number of hydrogen-bond donors (Lipinski definition) is 2. The SMILES string of the molecule is CC(C)(C)OC(=O)N1CCCC(NCC2(O)CCOC2)C1. The van der Waals surface area contributed by atoms with Crippen LogP contribution in [-0.2, 0) is 9.47 Å². The smallest absolute Gasteiger partial charge is 0.410 e. The van der Waals surface area contributed by atoms with E-state index in [-0.39, 0.29) is 12.1 Å². The minimum atomic E-state index is -0.756. The van der Waals surface area contributed by atoms with Gasteiger partial charge < -0.3 is 24.8 Å². The van der Waals surface area contributed by atoms with E-state index in [1.807, 2.05) is 20.8 Å². The van der Waals surface area contributed by atoms with Gasteiger partial charge in [-0.1, -0.05) is 0 Å². The average molecular weight is 300 g/mol. The molecule has 2 aliphatic heterocycles. The molecule has 6 nitrogen and oxygen atoms in total. The first-order chi connectivity index (χ1) is 9.77. The number of carbonyl (C=O) groups excluding carboxylic acids is 1. The molecule has 0 aromatic rings. The summed E-state index contributed by atoms with van der Waals surface area (Å²) in [6, 6.07) is 0.205. The summed E-state index contributed by atoms with van der Waals surface area (Å²) in [4.78, 5) is 13.8. The van der Waals surface area contributed by atoms with Crippen molar-refractivity contribution in [3.8, 4) is 0 Å². The van der Waals surface area contributed by atoms with Crippen molar-refractivity contribution >= 4 is 6.09 Å². The van der Waals surface area contributed by atoms with E-state index in [0.717, 1.165) is 19.4 Å². The fourth-order valence-corrected chi connectivity index (χ4v) is 2.71. The average Bonchev–Trinajstić information content (AvgIpc) is 2.82. The van der Waals surface area contributed by atoms with E-state index in [1.165, 1.54) is 0 Å². The van der Waals surface area contributed by atoms with Crippen molar-refractivity contribution in [3.05, 3.63) is 0 Å². The van der Waals surface area contributed by atoms with Gasteiger partial charge in [-0.3, -0.25) is 0 Å². The standard InChI is InChI=1S/C15H28N2O4/c1-14(2,3)21-13(18)17-7-4-5-12(9-17)16-10-15(19)6-8-20-11-15/h12,16,19H,4-11H2,1-3H3. The predicted octanol–water partition coefficient (Wildman–Crippen LogP) is 1.13. The van der Waals surface area contributed by atoms with Crippen molar-refractivity contribution in [2.75, 3.05) is 32.8 Å². The highest BCUT2D eigenvalue weighted by molar-refractivity contribution is 5.68. The maximum Gasteiger partial charge on any atom is 0.410 e. The zero-order valence-corrected chi connectivity index (χ0v) is 13.4. The molecule has 6 heteroatoms. The number of amides is 1. The highest BCUT2D eigenvalue weighted by atomic mass is 16.6. The molecule has 122 valence electrons. The normalized spacial score (nSPS) is 30.5. The Morgan fingerprint density at radius 1 is 1.52 bits per heavy atom. The third-order valence-electron chi connectivity index (χ3n) is 3.88. The minimum Gasteiger partial charge on any atom is -0.444 e. The van der Waals surface area contributed by atoms with Gasteiger partial charge in [-0.05, 0) is 33.6 Å². The second-order valence-electron chi connectivity index (χ2n) is 7.17. The van der Waals surface area contributed by atoms with Crippen LogP contribution in [0.2, 0.25) is 0 Å².